The van der Waals surface area contributed by atoms with Crippen molar-refractivity contribution in [3.05, 3.63) is 35.4 Å². The quantitative estimate of drug-likeness (QED) is 0.895. The Balaban J connectivity index is 1.64. The van der Waals surface area contributed by atoms with Crippen LogP contribution in [0.5, 0.6) is 0 Å². The number of carbonyl (C=O) groups is 1. The highest BCUT2D eigenvalue weighted by molar-refractivity contribution is 5.84. The van der Waals surface area contributed by atoms with Crippen LogP contribution in [0.3, 0.4) is 0 Å². The molecule has 1 aromatic carbocycles. The number of aryl methyl sites for hydroxylation is 1. The molecule has 1 saturated heterocycles. The first-order chi connectivity index (χ1) is 9.58. The van der Waals surface area contributed by atoms with Gasteiger partial charge in [0.15, 0.2) is 5.78 Å². The van der Waals surface area contributed by atoms with Gasteiger partial charge >= 0.3 is 0 Å². The van der Waals surface area contributed by atoms with E-state index >= 15 is 0 Å². The molecular formula is C17H23NO2. The molecule has 1 fully saturated rings. The normalized spacial score (nSPS) is 26.0. The molecule has 3 nitrogen and oxygen atoms in total. The van der Waals surface area contributed by atoms with Gasteiger partial charge in [-0.25, -0.2) is 0 Å². The molecule has 0 aromatic heterocycles. The monoisotopic (exact) mass is 273 g/mol. The lowest BCUT2D eigenvalue weighted by molar-refractivity contribution is -0.140. The Kier molecular flexibility index (Phi) is 3.65. The van der Waals surface area contributed by atoms with Crippen molar-refractivity contribution in [3.8, 4) is 0 Å². The molecule has 1 aliphatic heterocycles. The van der Waals surface area contributed by atoms with Crippen molar-refractivity contribution in [1.29, 1.82) is 0 Å². The Hall–Kier alpha value is -1.19. The van der Waals surface area contributed by atoms with Crippen molar-refractivity contribution in [2.45, 2.75) is 50.7 Å². The number of nitrogens with zero attached hydrogens (tertiary/aromatic N) is 1. The summed E-state index contributed by atoms with van der Waals surface area (Å²) in [6, 6.07) is 9.27. The summed E-state index contributed by atoms with van der Waals surface area (Å²) in [5.74, 6) is -0.0776. The van der Waals surface area contributed by atoms with Crippen LogP contribution >= 0.6 is 0 Å². The molecular weight excluding hydrogens is 250 g/mol. The highest BCUT2D eigenvalue weighted by Crippen LogP contribution is 2.29. The molecule has 0 radical (unpaired) electrons. The van der Waals surface area contributed by atoms with Gasteiger partial charge in [-0.15, -0.1) is 0 Å². The zero-order valence-electron chi connectivity index (χ0n) is 12.1. The molecule has 3 heteroatoms. The first-order valence-corrected chi connectivity index (χ1v) is 7.63. The van der Waals surface area contributed by atoms with E-state index < -0.39 is 5.60 Å². The number of fused-ring (bicyclic) bond motifs is 1. The number of aliphatic hydroxyl groups is 1. The number of benzene rings is 1. The van der Waals surface area contributed by atoms with E-state index in [9.17, 15) is 9.90 Å². The molecule has 1 N–H and O–H groups in total. The van der Waals surface area contributed by atoms with E-state index in [4.69, 9.17) is 0 Å². The summed E-state index contributed by atoms with van der Waals surface area (Å²) in [6.07, 6.45) is 4.61. The van der Waals surface area contributed by atoms with Gasteiger partial charge in [0.2, 0.25) is 0 Å². The SMILES string of the molecule is CC(=O)C1(O)CCN([C@@H]2CCc3ccccc3C2)CC1. The minimum absolute atomic E-state index is 0.0776. The average molecular weight is 273 g/mol. The van der Waals surface area contributed by atoms with E-state index in [2.05, 4.69) is 29.2 Å². The van der Waals surface area contributed by atoms with E-state index in [1.165, 1.54) is 24.5 Å². The zero-order chi connectivity index (χ0) is 14.2. The maximum Gasteiger partial charge on any atom is 0.161 e. The topological polar surface area (TPSA) is 40.5 Å². The summed E-state index contributed by atoms with van der Waals surface area (Å²) >= 11 is 0. The third-order valence-corrected chi connectivity index (χ3v) is 5.12. The van der Waals surface area contributed by atoms with Crippen LogP contribution < -0.4 is 0 Å². The van der Waals surface area contributed by atoms with Crippen molar-refractivity contribution < 1.29 is 9.90 Å². The van der Waals surface area contributed by atoms with Gasteiger partial charge in [-0.1, -0.05) is 24.3 Å². The smallest absolute Gasteiger partial charge is 0.161 e. The van der Waals surface area contributed by atoms with Gasteiger partial charge in [-0.3, -0.25) is 9.69 Å². The van der Waals surface area contributed by atoms with Crippen molar-refractivity contribution in [1.82, 2.24) is 4.90 Å². The molecule has 0 unspecified atom stereocenters. The van der Waals surface area contributed by atoms with E-state index in [1.54, 1.807) is 0 Å². The molecule has 1 heterocycles. The molecule has 0 saturated carbocycles. The number of ketones is 1. The zero-order valence-corrected chi connectivity index (χ0v) is 12.1. The number of hydrogen-bond acceptors (Lipinski definition) is 3. The van der Waals surface area contributed by atoms with Crippen LogP contribution in [0.1, 0.15) is 37.3 Å². The van der Waals surface area contributed by atoms with E-state index in [-0.39, 0.29) is 5.78 Å². The molecule has 1 atom stereocenters. The van der Waals surface area contributed by atoms with E-state index in [0.29, 0.717) is 18.9 Å². The number of rotatable bonds is 2. The Labute approximate surface area is 120 Å². The average Bonchev–Trinajstić information content (AvgIpc) is 2.47. The summed E-state index contributed by atoms with van der Waals surface area (Å²) in [6.45, 7) is 3.18. The molecule has 1 aromatic rings. The summed E-state index contributed by atoms with van der Waals surface area (Å²) in [5.41, 5.74) is 1.89. The number of piperidine rings is 1. The molecule has 0 spiro atoms. The third kappa shape index (κ3) is 2.52. The second-order valence-electron chi connectivity index (χ2n) is 6.29. The van der Waals surface area contributed by atoms with E-state index in [1.807, 2.05) is 0 Å². The molecule has 20 heavy (non-hydrogen) atoms. The van der Waals surface area contributed by atoms with Gasteiger partial charge in [0.25, 0.3) is 0 Å². The molecule has 2 aliphatic rings. The second kappa shape index (κ2) is 5.30. The van der Waals surface area contributed by atoms with Gasteiger partial charge in [-0.05, 0) is 50.2 Å². The number of carbonyl (C=O) groups excluding carboxylic acids is 1. The third-order valence-electron chi connectivity index (χ3n) is 5.12. The minimum Gasteiger partial charge on any atom is -0.382 e. The minimum atomic E-state index is -1.07. The van der Waals surface area contributed by atoms with Crippen molar-refractivity contribution in [3.63, 3.8) is 0 Å². The first kappa shape index (κ1) is 13.8. The van der Waals surface area contributed by atoms with Crippen LogP contribution in [-0.2, 0) is 17.6 Å². The first-order valence-electron chi connectivity index (χ1n) is 7.63. The molecule has 0 amide bonds. The van der Waals surface area contributed by atoms with Crippen LogP contribution in [0.25, 0.3) is 0 Å². The Bertz CT molecular complexity index is 503. The van der Waals surface area contributed by atoms with Crippen LogP contribution in [0, 0.1) is 0 Å². The Morgan fingerprint density at radius 2 is 1.90 bits per heavy atom. The standard InChI is InChI=1S/C17H23NO2/c1-13(19)17(20)8-10-18(11-9-17)16-7-6-14-4-2-3-5-15(14)12-16/h2-5,16,20H,6-12H2,1H3/t16-/m1/s1. The van der Waals surface area contributed by atoms with Gasteiger partial charge < -0.3 is 5.11 Å². The fraction of sp³-hybridized carbons (Fsp3) is 0.588. The van der Waals surface area contributed by atoms with Gasteiger partial charge in [0.1, 0.15) is 5.60 Å². The largest absolute Gasteiger partial charge is 0.382 e. The Morgan fingerprint density at radius 3 is 2.55 bits per heavy atom. The maximum atomic E-state index is 11.5. The fourth-order valence-corrected chi connectivity index (χ4v) is 3.60. The van der Waals surface area contributed by atoms with Crippen LogP contribution in [0.2, 0.25) is 0 Å². The lowest BCUT2D eigenvalue weighted by atomic mass is 9.83. The van der Waals surface area contributed by atoms with Crippen LogP contribution in [0.4, 0.5) is 0 Å². The molecule has 108 valence electrons. The number of hydrogen-bond donors (Lipinski definition) is 1. The van der Waals surface area contributed by atoms with E-state index in [0.717, 1.165) is 25.9 Å². The van der Waals surface area contributed by atoms with Crippen molar-refractivity contribution >= 4 is 5.78 Å². The maximum absolute atomic E-state index is 11.5. The van der Waals surface area contributed by atoms with Crippen LogP contribution in [-0.4, -0.2) is 40.5 Å². The Morgan fingerprint density at radius 1 is 1.25 bits per heavy atom. The number of Topliss-reactive ketones (excluding diaryl/α,β-unsaturated/α-hetero) is 1. The lowest BCUT2D eigenvalue weighted by Crippen LogP contribution is -2.52. The lowest BCUT2D eigenvalue weighted by Gasteiger charge is -2.42. The fourth-order valence-electron chi connectivity index (χ4n) is 3.60. The number of likely N-dealkylation sites (tertiary alicyclic amines) is 1. The molecule has 1 aliphatic carbocycles. The van der Waals surface area contributed by atoms with Crippen molar-refractivity contribution in [2.75, 3.05) is 13.1 Å². The highest BCUT2D eigenvalue weighted by atomic mass is 16.3. The summed E-state index contributed by atoms with van der Waals surface area (Å²) in [4.78, 5) is 14.0. The molecule has 3 rings (SSSR count). The van der Waals surface area contributed by atoms with Gasteiger partial charge in [0, 0.05) is 19.1 Å². The predicted octanol–water partition coefficient (Wildman–Crippen LogP) is 1.96. The highest BCUT2D eigenvalue weighted by Gasteiger charge is 2.38. The van der Waals surface area contributed by atoms with Gasteiger partial charge in [0.05, 0.1) is 0 Å². The van der Waals surface area contributed by atoms with Crippen LogP contribution in [0.15, 0.2) is 24.3 Å². The predicted molar refractivity (Wildman–Crippen MR) is 78.7 cm³/mol. The summed E-state index contributed by atoms with van der Waals surface area (Å²) in [7, 11) is 0. The molecule has 0 bridgehead atoms. The summed E-state index contributed by atoms with van der Waals surface area (Å²) < 4.78 is 0. The van der Waals surface area contributed by atoms with Gasteiger partial charge in [-0.2, -0.15) is 0 Å². The summed E-state index contributed by atoms with van der Waals surface area (Å²) in [5, 5.41) is 10.2. The second-order valence-corrected chi connectivity index (χ2v) is 6.29. The van der Waals surface area contributed by atoms with Crippen molar-refractivity contribution in [2.24, 2.45) is 0 Å².